The highest BCUT2D eigenvalue weighted by Crippen LogP contribution is 2.35. The zero-order valence-corrected chi connectivity index (χ0v) is 12.4. The molecule has 3 rings (SSSR count). The quantitative estimate of drug-likeness (QED) is 0.866. The highest BCUT2D eigenvalue weighted by molar-refractivity contribution is 5.67. The number of carbonyl (C=O) groups is 1. The third kappa shape index (κ3) is 3.12. The molecule has 1 aliphatic carbocycles. The summed E-state index contributed by atoms with van der Waals surface area (Å²) in [6.07, 6.45) is 4.68. The van der Waals surface area contributed by atoms with Gasteiger partial charge in [0.2, 0.25) is 0 Å². The van der Waals surface area contributed by atoms with Crippen LogP contribution in [0.15, 0.2) is 6.07 Å². The first kappa shape index (κ1) is 14.2. The van der Waals surface area contributed by atoms with Crippen molar-refractivity contribution >= 4 is 11.9 Å². The Kier molecular flexibility index (Phi) is 4.01. The van der Waals surface area contributed by atoms with Gasteiger partial charge < -0.3 is 10.5 Å². The number of nitrogen functional groups attached to an aromatic ring is 1. The second kappa shape index (κ2) is 5.93. The van der Waals surface area contributed by atoms with E-state index in [0.29, 0.717) is 11.7 Å². The molecule has 1 aliphatic heterocycles. The van der Waals surface area contributed by atoms with Gasteiger partial charge in [-0.3, -0.25) is 5.10 Å². The lowest BCUT2D eigenvalue weighted by atomic mass is 10.0. The molecule has 21 heavy (non-hydrogen) atoms. The summed E-state index contributed by atoms with van der Waals surface area (Å²) in [5.74, 6) is 0.868. The van der Waals surface area contributed by atoms with Gasteiger partial charge in [0.15, 0.2) is 0 Å². The third-order valence-electron chi connectivity index (χ3n) is 4.43. The first-order valence-corrected chi connectivity index (χ1v) is 7.63. The van der Waals surface area contributed by atoms with E-state index < -0.39 is 0 Å². The molecule has 1 aromatic heterocycles. The number of nitrogens with one attached hydrogen (secondary N) is 1. The molecule has 1 amide bonds. The van der Waals surface area contributed by atoms with Crippen LogP contribution in [0.2, 0.25) is 0 Å². The van der Waals surface area contributed by atoms with E-state index in [1.807, 2.05) is 18.1 Å². The summed E-state index contributed by atoms with van der Waals surface area (Å²) in [4.78, 5) is 12.2. The Labute approximate surface area is 124 Å². The van der Waals surface area contributed by atoms with Crippen LogP contribution >= 0.6 is 0 Å². The Balaban J connectivity index is 1.53. The van der Waals surface area contributed by atoms with Crippen molar-refractivity contribution in [3.05, 3.63) is 11.8 Å². The van der Waals surface area contributed by atoms with Gasteiger partial charge in [-0.1, -0.05) is 0 Å². The molecular formula is C14H23N5O2. The van der Waals surface area contributed by atoms with Crippen LogP contribution < -0.4 is 5.73 Å². The third-order valence-corrected chi connectivity index (χ3v) is 4.43. The molecule has 3 N–H and O–H groups in total. The minimum Gasteiger partial charge on any atom is -0.445 e. The summed E-state index contributed by atoms with van der Waals surface area (Å²) in [6.45, 7) is 1.67. The molecular weight excluding hydrogens is 270 g/mol. The molecule has 2 aliphatic rings. The number of hydrazine groups is 1. The van der Waals surface area contributed by atoms with Gasteiger partial charge in [0.05, 0.1) is 0 Å². The number of H-pyrrole nitrogens is 1. The van der Waals surface area contributed by atoms with Gasteiger partial charge in [0, 0.05) is 37.8 Å². The summed E-state index contributed by atoms with van der Waals surface area (Å²) in [7, 11) is 1.94. The Morgan fingerprint density at radius 2 is 2.24 bits per heavy atom. The normalized spacial score (nSPS) is 27.0. The monoisotopic (exact) mass is 293 g/mol. The van der Waals surface area contributed by atoms with Crippen molar-refractivity contribution in [3.63, 3.8) is 0 Å². The first-order chi connectivity index (χ1) is 10.1. The second-order valence-corrected chi connectivity index (χ2v) is 5.98. The lowest BCUT2D eigenvalue weighted by Crippen LogP contribution is -2.49. The van der Waals surface area contributed by atoms with E-state index in [4.69, 9.17) is 10.5 Å². The van der Waals surface area contributed by atoms with Crippen molar-refractivity contribution in [2.45, 2.75) is 44.1 Å². The molecule has 2 heterocycles. The average Bonchev–Trinajstić information content (AvgIpc) is 3.08. The van der Waals surface area contributed by atoms with Crippen molar-refractivity contribution in [1.29, 1.82) is 0 Å². The van der Waals surface area contributed by atoms with Gasteiger partial charge in [0.25, 0.3) is 0 Å². The topological polar surface area (TPSA) is 87.5 Å². The molecule has 0 unspecified atom stereocenters. The minimum atomic E-state index is -0.216. The fraction of sp³-hybridized carbons (Fsp3) is 0.714. The van der Waals surface area contributed by atoms with Gasteiger partial charge in [-0.05, 0) is 32.1 Å². The lowest BCUT2D eigenvalue weighted by Gasteiger charge is -2.35. The Morgan fingerprint density at radius 1 is 1.43 bits per heavy atom. The number of carbonyl (C=O) groups excluding carboxylic acids is 1. The summed E-state index contributed by atoms with van der Waals surface area (Å²) < 4.78 is 5.66. The van der Waals surface area contributed by atoms with Crippen LogP contribution in [0.1, 0.15) is 43.7 Å². The molecule has 2 atom stereocenters. The molecule has 1 saturated heterocycles. The molecule has 0 spiro atoms. The van der Waals surface area contributed by atoms with Crippen LogP contribution in [0, 0.1) is 0 Å². The second-order valence-electron chi connectivity index (χ2n) is 5.98. The van der Waals surface area contributed by atoms with Gasteiger partial charge in [-0.15, -0.1) is 0 Å². The molecule has 0 bridgehead atoms. The largest absolute Gasteiger partial charge is 0.445 e. The number of nitrogens with zero attached hydrogens (tertiary/aromatic N) is 3. The maximum absolute atomic E-state index is 12.2. The molecule has 2 fully saturated rings. The van der Waals surface area contributed by atoms with Crippen molar-refractivity contribution < 1.29 is 9.53 Å². The van der Waals surface area contributed by atoms with E-state index in [1.165, 1.54) is 0 Å². The number of aromatic amines is 1. The van der Waals surface area contributed by atoms with Crippen molar-refractivity contribution in [1.82, 2.24) is 20.2 Å². The molecule has 0 radical (unpaired) electrons. The van der Waals surface area contributed by atoms with Crippen LogP contribution in [-0.4, -0.2) is 52.5 Å². The van der Waals surface area contributed by atoms with E-state index in [2.05, 4.69) is 10.2 Å². The van der Waals surface area contributed by atoms with Crippen LogP contribution in [0.4, 0.5) is 10.6 Å². The van der Waals surface area contributed by atoms with Crippen molar-refractivity contribution in [2.24, 2.45) is 0 Å². The maximum atomic E-state index is 12.2. The van der Waals surface area contributed by atoms with Crippen LogP contribution in [0.25, 0.3) is 0 Å². The predicted molar refractivity (Wildman–Crippen MR) is 78.4 cm³/mol. The van der Waals surface area contributed by atoms with E-state index in [9.17, 15) is 4.79 Å². The molecule has 7 heteroatoms. The number of aromatic nitrogens is 2. The smallest absolute Gasteiger partial charge is 0.424 e. The van der Waals surface area contributed by atoms with E-state index in [-0.39, 0.29) is 12.2 Å². The van der Waals surface area contributed by atoms with Crippen molar-refractivity contribution in [2.75, 3.05) is 25.9 Å². The summed E-state index contributed by atoms with van der Waals surface area (Å²) >= 11 is 0. The fourth-order valence-electron chi connectivity index (χ4n) is 3.22. The highest BCUT2D eigenvalue weighted by Gasteiger charge is 2.32. The Hall–Kier alpha value is -1.76. The zero-order valence-electron chi connectivity index (χ0n) is 12.4. The van der Waals surface area contributed by atoms with E-state index in [1.54, 1.807) is 5.01 Å². The minimum absolute atomic E-state index is 0.0117. The lowest BCUT2D eigenvalue weighted by molar-refractivity contribution is -0.0364. The van der Waals surface area contributed by atoms with Crippen LogP contribution in [-0.2, 0) is 4.74 Å². The van der Waals surface area contributed by atoms with Gasteiger partial charge in [-0.25, -0.2) is 14.8 Å². The number of rotatable bonds is 2. The maximum Gasteiger partial charge on any atom is 0.424 e. The SMILES string of the molecule is CN1CCCCN1C(=O)O[C@@H]1CC[C@H](c2cc(N)n[nH]2)C1. The van der Waals surface area contributed by atoms with E-state index >= 15 is 0 Å². The average molecular weight is 293 g/mol. The van der Waals surface area contributed by atoms with Crippen LogP contribution in [0.5, 0.6) is 0 Å². The number of nitrogens with two attached hydrogens (primary N) is 1. The number of anilines is 1. The summed E-state index contributed by atoms with van der Waals surface area (Å²) in [6, 6.07) is 1.87. The first-order valence-electron chi connectivity index (χ1n) is 7.63. The zero-order chi connectivity index (χ0) is 14.8. The highest BCUT2D eigenvalue weighted by atomic mass is 16.6. The molecule has 0 aromatic carbocycles. The Bertz CT molecular complexity index is 503. The number of amides is 1. The molecule has 7 nitrogen and oxygen atoms in total. The van der Waals surface area contributed by atoms with Crippen molar-refractivity contribution in [3.8, 4) is 0 Å². The molecule has 1 aromatic rings. The number of hydrogen-bond donors (Lipinski definition) is 2. The van der Waals surface area contributed by atoms with E-state index in [0.717, 1.165) is 50.9 Å². The van der Waals surface area contributed by atoms with Gasteiger partial charge in [0.1, 0.15) is 11.9 Å². The van der Waals surface area contributed by atoms with Gasteiger partial charge in [-0.2, -0.15) is 5.10 Å². The molecule has 1 saturated carbocycles. The van der Waals surface area contributed by atoms with Gasteiger partial charge >= 0.3 is 6.09 Å². The molecule has 116 valence electrons. The number of ether oxygens (including phenoxy) is 1. The van der Waals surface area contributed by atoms with Crippen LogP contribution in [0.3, 0.4) is 0 Å². The predicted octanol–water partition coefficient (Wildman–Crippen LogP) is 1.71. The Morgan fingerprint density at radius 3 is 2.95 bits per heavy atom. The summed E-state index contributed by atoms with van der Waals surface area (Å²) in [5, 5.41) is 10.6. The summed E-state index contributed by atoms with van der Waals surface area (Å²) in [5.41, 5.74) is 6.68. The number of hydrogen-bond acceptors (Lipinski definition) is 5. The fourth-order valence-corrected chi connectivity index (χ4v) is 3.22. The standard InChI is InChI=1S/C14H23N5O2/c1-18-6-2-3-7-19(18)14(20)21-11-5-4-10(8-11)12-9-13(15)17-16-12/h9-11H,2-8H2,1H3,(H3,15,16,17)/t10-,11+/m0/s1.